The minimum atomic E-state index is -0.398. The zero-order valence-corrected chi connectivity index (χ0v) is 28.4. The summed E-state index contributed by atoms with van der Waals surface area (Å²) < 4.78 is 12.2. The normalized spacial score (nSPS) is 13.0. The van der Waals surface area contributed by atoms with E-state index < -0.39 is 11.9 Å². The van der Waals surface area contributed by atoms with Crippen LogP contribution in [0.4, 0.5) is 0 Å². The molecule has 2 atom stereocenters. The number of hydrogen-bond acceptors (Lipinski definition) is 4. The summed E-state index contributed by atoms with van der Waals surface area (Å²) in [5.74, 6) is 0.318. The lowest BCUT2D eigenvalue weighted by atomic mass is 9.99. The Labute approximate surface area is 260 Å². The molecule has 1 aromatic rings. The van der Waals surface area contributed by atoms with E-state index in [1.54, 1.807) is 12.1 Å². The quantitative estimate of drug-likeness (QED) is 0.0800. The van der Waals surface area contributed by atoms with E-state index in [0.29, 0.717) is 23.0 Å². The SMILES string of the molecule is CCCCCCCCCC(CCC(C)C)OC(=O)c1ccccc1C(=O)OC(CCCCCCCCC)CCC(C)C. The van der Waals surface area contributed by atoms with Crippen LogP contribution in [0.5, 0.6) is 0 Å². The van der Waals surface area contributed by atoms with Gasteiger partial charge in [0.1, 0.15) is 12.2 Å². The van der Waals surface area contributed by atoms with Gasteiger partial charge in [-0.3, -0.25) is 0 Å². The standard InChI is InChI=1S/C38H66O4/c1-7-9-11-13-15-17-19-23-33(29-27-31(3)4)41-37(39)35-25-21-22-26-36(35)38(40)42-34(30-28-32(5)6)24-20-18-16-14-12-10-8-2/h21-22,25-26,31-34H,7-20,23-24,27-30H2,1-6H3. The zero-order chi connectivity index (χ0) is 31.0. The van der Waals surface area contributed by atoms with Gasteiger partial charge in [0.15, 0.2) is 0 Å². The number of unbranched alkanes of at least 4 members (excludes halogenated alkanes) is 12. The molecule has 2 unspecified atom stereocenters. The lowest BCUT2D eigenvalue weighted by Gasteiger charge is -2.21. The number of rotatable bonds is 26. The molecule has 0 aliphatic rings. The van der Waals surface area contributed by atoms with Crippen LogP contribution in [-0.2, 0) is 9.47 Å². The first-order chi connectivity index (χ1) is 20.3. The highest BCUT2D eigenvalue weighted by Crippen LogP contribution is 2.23. The Morgan fingerprint density at radius 2 is 0.833 bits per heavy atom. The average Bonchev–Trinajstić information content (AvgIpc) is 2.97. The topological polar surface area (TPSA) is 52.6 Å². The number of carbonyl (C=O) groups is 2. The molecule has 0 saturated heterocycles. The zero-order valence-electron chi connectivity index (χ0n) is 28.4. The second-order valence-corrected chi connectivity index (χ2v) is 13.4. The van der Waals surface area contributed by atoms with Gasteiger partial charge in [-0.15, -0.1) is 0 Å². The average molecular weight is 587 g/mol. The van der Waals surface area contributed by atoms with Crippen molar-refractivity contribution in [3.8, 4) is 0 Å². The van der Waals surface area contributed by atoms with E-state index in [0.717, 1.165) is 51.4 Å². The van der Waals surface area contributed by atoms with E-state index in [4.69, 9.17) is 9.47 Å². The third kappa shape index (κ3) is 18.6. The number of benzene rings is 1. The van der Waals surface area contributed by atoms with Gasteiger partial charge in [0, 0.05) is 0 Å². The van der Waals surface area contributed by atoms with Gasteiger partial charge in [0.25, 0.3) is 0 Å². The second kappa shape index (κ2) is 24.6. The molecule has 1 aromatic carbocycles. The minimum absolute atomic E-state index is 0.115. The maximum atomic E-state index is 13.4. The smallest absolute Gasteiger partial charge is 0.339 e. The van der Waals surface area contributed by atoms with Crippen molar-refractivity contribution in [1.29, 1.82) is 0 Å². The highest BCUT2D eigenvalue weighted by atomic mass is 16.5. The largest absolute Gasteiger partial charge is 0.459 e. The van der Waals surface area contributed by atoms with Gasteiger partial charge in [0.05, 0.1) is 11.1 Å². The van der Waals surface area contributed by atoms with E-state index in [-0.39, 0.29) is 12.2 Å². The van der Waals surface area contributed by atoms with Crippen molar-refractivity contribution < 1.29 is 19.1 Å². The van der Waals surface area contributed by atoms with Crippen molar-refractivity contribution in [2.24, 2.45) is 11.8 Å². The molecule has 0 fully saturated rings. The first kappa shape index (κ1) is 38.2. The Bertz CT molecular complexity index is 748. The van der Waals surface area contributed by atoms with Gasteiger partial charge in [-0.05, 0) is 75.3 Å². The third-order valence-electron chi connectivity index (χ3n) is 8.31. The van der Waals surface area contributed by atoms with Crippen molar-refractivity contribution in [2.45, 2.75) is 182 Å². The Hall–Kier alpha value is -1.84. The summed E-state index contributed by atoms with van der Waals surface area (Å²) >= 11 is 0. The molecule has 0 N–H and O–H groups in total. The van der Waals surface area contributed by atoms with Crippen LogP contribution < -0.4 is 0 Å². The molecule has 42 heavy (non-hydrogen) atoms. The van der Waals surface area contributed by atoms with E-state index in [2.05, 4.69) is 41.5 Å². The summed E-state index contributed by atoms with van der Waals surface area (Å²) in [6.45, 7) is 13.3. The number of ether oxygens (including phenoxy) is 2. The van der Waals surface area contributed by atoms with Crippen LogP contribution in [0.2, 0.25) is 0 Å². The molecule has 0 spiro atoms. The first-order valence-electron chi connectivity index (χ1n) is 17.8. The fourth-order valence-electron chi connectivity index (χ4n) is 5.49. The van der Waals surface area contributed by atoms with Crippen molar-refractivity contribution >= 4 is 11.9 Å². The molecular weight excluding hydrogens is 520 g/mol. The molecule has 0 bridgehead atoms. The van der Waals surface area contributed by atoms with Crippen molar-refractivity contribution in [1.82, 2.24) is 0 Å². The van der Waals surface area contributed by atoms with Crippen LogP contribution in [0.3, 0.4) is 0 Å². The van der Waals surface area contributed by atoms with Crippen molar-refractivity contribution in [2.75, 3.05) is 0 Å². The second-order valence-electron chi connectivity index (χ2n) is 13.4. The fourth-order valence-corrected chi connectivity index (χ4v) is 5.49. The summed E-state index contributed by atoms with van der Waals surface area (Å²) in [4.78, 5) is 26.8. The van der Waals surface area contributed by atoms with E-state index in [1.165, 1.54) is 77.0 Å². The Morgan fingerprint density at radius 3 is 1.17 bits per heavy atom. The molecule has 0 aliphatic heterocycles. The van der Waals surface area contributed by atoms with Crippen LogP contribution in [0.1, 0.15) is 191 Å². The fraction of sp³-hybridized carbons (Fsp3) is 0.789. The minimum Gasteiger partial charge on any atom is -0.459 e. The summed E-state index contributed by atoms with van der Waals surface area (Å²) in [5.41, 5.74) is 0.658. The molecule has 0 aliphatic carbocycles. The van der Waals surface area contributed by atoms with Gasteiger partial charge in [-0.1, -0.05) is 131 Å². The van der Waals surface area contributed by atoms with Crippen molar-refractivity contribution in [3.63, 3.8) is 0 Å². The molecule has 0 radical (unpaired) electrons. The van der Waals surface area contributed by atoms with Crippen LogP contribution in [0.25, 0.3) is 0 Å². The van der Waals surface area contributed by atoms with Crippen LogP contribution in [0, 0.1) is 11.8 Å². The van der Waals surface area contributed by atoms with Crippen LogP contribution in [-0.4, -0.2) is 24.1 Å². The third-order valence-corrected chi connectivity index (χ3v) is 8.31. The summed E-state index contributed by atoms with van der Waals surface area (Å²) in [5, 5.41) is 0. The first-order valence-corrected chi connectivity index (χ1v) is 17.8. The van der Waals surface area contributed by atoms with Gasteiger partial charge in [-0.2, -0.15) is 0 Å². The molecule has 0 aromatic heterocycles. The molecule has 0 amide bonds. The van der Waals surface area contributed by atoms with E-state index in [1.807, 2.05) is 12.1 Å². The molecule has 0 saturated carbocycles. The summed E-state index contributed by atoms with van der Waals surface area (Å²) in [7, 11) is 0. The number of hydrogen-bond donors (Lipinski definition) is 0. The van der Waals surface area contributed by atoms with Crippen LogP contribution in [0.15, 0.2) is 24.3 Å². The monoisotopic (exact) mass is 586 g/mol. The van der Waals surface area contributed by atoms with Gasteiger partial charge in [0.2, 0.25) is 0 Å². The molecular formula is C38H66O4. The number of esters is 2. The Kier molecular flexibility index (Phi) is 22.4. The van der Waals surface area contributed by atoms with Gasteiger partial charge < -0.3 is 9.47 Å². The van der Waals surface area contributed by atoms with E-state index in [9.17, 15) is 9.59 Å². The molecule has 0 heterocycles. The maximum Gasteiger partial charge on any atom is 0.339 e. The Balaban J connectivity index is 2.80. The predicted molar refractivity (Wildman–Crippen MR) is 178 cm³/mol. The molecule has 242 valence electrons. The van der Waals surface area contributed by atoms with Gasteiger partial charge in [-0.25, -0.2) is 9.59 Å². The van der Waals surface area contributed by atoms with Crippen molar-refractivity contribution in [3.05, 3.63) is 35.4 Å². The Morgan fingerprint density at radius 1 is 0.500 bits per heavy atom. The van der Waals surface area contributed by atoms with E-state index >= 15 is 0 Å². The highest BCUT2D eigenvalue weighted by molar-refractivity contribution is 6.03. The molecule has 1 rings (SSSR count). The lowest BCUT2D eigenvalue weighted by Crippen LogP contribution is -2.23. The summed E-state index contributed by atoms with van der Waals surface area (Å²) in [6, 6.07) is 7.04. The molecule has 4 nitrogen and oxygen atoms in total. The predicted octanol–water partition coefficient (Wildman–Crippen LogP) is 11.9. The summed E-state index contributed by atoms with van der Waals surface area (Å²) in [6.07, 6.45) is 22.7. The lowest BCUT2D eigenvalue weighted by molar-refractivity contribution is 0.0195. The highest BCUT2D eigenvalue weighted by Gasteiger charge is 2.24. The maximum absolute atomic E-state index is 13.4. The molecule has 4 heteroatoms. The number of carbonyl (C=O) groups excluding carboxylic acids is 2. The van der Waals surface area contributed by atoms with Crippen LogP contribution >= 0.6 is 0 Å². The van der Waals surface area contributed by atoms with Gasteiger partial charge >= 0.3 is 11.9 Å².